The summed E-state index contributed by atoms with van der Waals surface area (Å²) in [5.74, 6) is 0.894. The zero-order valence-electron chi connectivity index (χ0n) is 11.8. The average molecular weight is 274 g/mol. The summed E-state index contributed by atoms with van der Waals surface area (Å²) in [7, 11) is 0. The summed E-state index contributed by atoms with van der Waals surface area (Å²) >= 11 is 5.88. The molecule has 0 bridgehead atoms. The van der Waals surface area contributed by atoms with E-state index in [-0.39, 0.29) is 11.3 Å². The van der Waals surface area contributed by atoms with Crippen LogP contribution in [-0.4, -0.2) is 18.3 Å². The van der Waals surface area contributed by atoms with Crippen molar-refractivity contribution in [3.05, 3.63) is 0 Å². The molecule has 0 aromatic heterocycles. The van der Waals surface area contributed by atoms with Crippen molar-refractivity contribution < 1.29 is 4.79 Å². The Labute approximate surface area is 117 Å². The average Bonchev–Trinajstić information content (AvgIpc) is 3.16. The predicted octanol–water partition coefficient (Wildman–Crippen LogP) is 4.26. The van der Waals surface area contributed by atoms with Gasteiger partial charge in [-0.3, -0.25) is 4.79 Å². The van der Waals surface area contributed by atoms with Crippen LogP contribution in [0.1, 0.15) is 71.1 Å². The lowest BCUT2D eigenvalue weighted by Crippen LogP contribution is -2.30. The van der Waals surface area contributed by atoms with E-state index >= 15 is 0 Å². The van der Waals surface area contributed by atoms with Gasteiger partial charge >= 0.3 is 0 Å². The van der Waals surface area contributed by atoms with Crippen LogP contribution in [0.5, 0.6) is 0 Å². The molecule has 3 heteroatoms. The number of halogens is 1. The molecule has 106 valence electrons. The molecule has 0 heterocycles. The van der Waals surface area contributed by atoms with E-state index in [0.717, 1.165) is 13.0 Å². The molecule has 18 heavy (non-hydrogen) atoms. The first-order chi connectivity index (χ1) is 8.72. The van der Waals surface area contributed by atoms with Gasteiger partial charge < -0.3 is 5.32 Å². The zero-order valence-corrected chi connectivity index (χ0v) is 12.5. The maximum Gasteiger partial charge on any atom is 0.220 e. The minimum Gasteiger partial charge on any atom is -0.356 e. The molecule has 0 aliphatic heterocycles. The van der Waals surface area contributed by atoms with Crippen molar-refractivity contribution in [3.63, 3.8) is 0 Å². The first-order valence-corrected chi connectivity index (χ1v) is 8.08. The lowest BCUT2D eigenvalue weighted by Gasteiger charge is -2.12. The van der Waals surface area contributed by atoms with Gasteiger partial charge in [0.25, 0.3) is 0 Å². The second-order valence-electron chi connectivity index (χ2n) is 5.78. The molecule has 1 fully saturated rings. The van der Waals surface area contributed by atoms with Crippen molar-refractivity contribution in [2.24, 2.45) is 5.41 Å². The maximum atomic E-state index is 11.6. The molecule has 1 amide bonds. The van der Waals surface area contributed by atoms with Crippen molar-refractivity contribution in [1.82, 2.24) is 5.32 Å². The number of carbonyl (C=O) groups excluding carboxylic acids is 1. The molecule has 1 aliphatic carbocycles. The first-order valence-electron chi connectivity index (χ1n) is 7.55. The highest BCUT2D eigenvalue weighted by atomic mass is 35.5. The van der Waals surface area contributed by atoms with Gasteiger partial charge in [0.1, 0.15) is 0 Å². The van der Waals surface area contributed by atoms with Crippen LogP contribution in [0, 0.1) is 5.41 Å². The summed E-state index contributed by atoms with van der Waals surface area (Å²) < 4.78 is 0. The summed E-state index contributed by atoms with van der Waals surface area (Å²) in [5, 5.41) is 3.02. The van der Waals surface area contributed by atoms with Crippen LogP contribution >= 0.6 is 11.6 Å². The summed E-state index contributed by atoms with van der Waals surface area (Å²) in [6.45, 7) is 3.02. The molecule has 0 spiro atoms. The quantitative estimate of drug-likeness (QED) is 0.442. The Balaban J connectivity index is 1.88. The highest BCUT2D eigenvalue weighted by Crippen LogP contribution is 2.45. The molecule has 0 radical (unpaired) electrons. The number of hydrogen-bond donors (Lipinski definition) is 1. The Hall–Kier alpha value is -0.240. The lowest BCUT2D eigenvalue weighted by atomic mass is 10.1. The van der Waals surface area contributed by atoms with Crippen molar-refractivity contribution in [1.29, 1.82) is 0 Å². The fourth-order valence-corrected chi connectivity index (χ4v) is 2.51. The third kappa shape index (κ3) is 6.63. The topological polar surface area (TPSA) is 29.1 Å². The number of carbonyl (C=O) groups is 1. The van der Waals surface area contributed by atoms with E-state index in [9.17, 15) is 4.79 Å². The Morgan fingerprint density at radius 3 is 2.28 bits per heavy atom. The van der Waals surface area contributed by atoms with E-state index in [0.29, 0.717) is 12.3 Å². The molecule has 2 nitrogen and oxygen atoms in total. The number of unbranched alkanes of at least 4 members (excludes halogenated alkanes) is 6. The minimum absolute atomic E-state index is 0.208. The molecule has 1 N–H and O–H groups in total. The highest BCUT2D eigenvalue weighted by molar-refractivity contribution is 6.18. The molecule has 1 aliphatic rings. The maximum absolute atomic E-state index is 11.6. The monoisotopic (exact) mass is 273 g/mol. The fourth-order valence-electron chi connectivity index (χ4n) is 2.15. The lowest BCUT2D eigenvalue weighted by molar-refractivity contribution is -0.121. The van der Waals surface area contributed by atoms with Gasteiger partial charge in [0.05, 0.1) is 0 Å². The summed E-state index contributed by atoms with van der Waals surface area (Å²) in [6.07, 6.45) is 11.9. The van der Waals surface area contributed by atoms with Crippen molar-refractivity contribution >= 4 is 17.5 Å². The van der Waals surface area contributed by atoms with Gasteiger partial charge in [-0.15, -0.1) is 11.6 Å². The predicted molar refractivity (Wildman–Crippen MR) is 78.0 cm³/mol. The molecule has 0 aromatic rings. The van der Waals surface area contributed by atoms with E-state index in [4.69, 9.17) is 11.6 Å². The zero-order chi connectivity index (χ0) is 13.3. The Bertz CT molecular complexity index is 239. The number of rotatable bonds is 11. The minimum atomic E-state index is 0.208. The van der Waals surface area contributed by atoms with Crippen LogP contribution in [0.25, 0.3) is 0 Å². The number of amides is 1. The SMILES string of the molecule is CCCCCCCCCC(=O)NCC1(CCl)CC1. The number of hydrogen-bond acceptors (Lipinski definition) is 1. The Morgan fingerprint density at radius 2 is 1.72 bits per heavy atom. The van der Waals surface area contributed by atoms with Crippen LogP contribution < -0.4 is 5.32 Å². The van der Waals surface area contributed by atoms with E-state index in [1.54, 1.807) is 0 Å². The van der Waals surface area contributed by atoms with Gasteiger partial charge in [0.2, 0.25) is 5.91 Å². The summed E-state index contributed by atoms with van der Waals surface area (Å²) in [5.41, 5.74) is 0.247. The molecular formula is C15H28ClNO. The van der Waals surface area contributed by atoms with Crippen molar-refractivity contribution in [3.8, 4) is 0 Å². The van der Waals surface area contributed by atoms with Gasteiger partial charge in [-0.25, -0.2) is 0 Å². The van der Waals surface area contributed by atoms with E-state index in [2.05, 4.69) is 12.2 Å². The third-order valence-electron chi connectivity index (χ3n) is 3.91. The van der Waals surface area contributed by atoms with E-state index < -0.39 is 0 Å². The van der Waals surface area contributed by atoms with E-state index in [1.165, 1.54) is 51.4 Å². The molecule has 0 aromatic carbocycles. The number of nitrogens with one attached hydrogen (secondary N) is 1. The molecular weight excluding hydrogens is 246 g/mol. The standard InChI is InChI=1S/C15H28ClNO/c1-2-3-4-5-6-7-8-9-14(18)17-13-15(12-16)10-11-15/h2-13H2,1H3,(H,17,18). The van der Waals surface area contributed by atoms with Crippen LogP contribution in [0.4, 0.5) is 0 Å². The normalized spacial score (nSPS) is 16.6. The Morgan fingerprint density at radius 1 is 1.11 bits per heavy atom. The van der Waals surface area contributed by atoms with E-state index in [1.807, 2.05) is 0 Å². The molecule has 0 unspecified atom stereocenters. The fraction of sp³-hybridized carbons (Fsp3) is 0.933. The van der Waals surface area contributed by atoms with Crippen LogP contribution in [-0.2, 0) is 4.79 Å². The summed E-state index contributed by atoms with van der Waals surface area (Å²) in [4.78, 5) is 11.6. The summed E-state index contributed by atoms with van der Waals surface area (Å²) in [6, 6.07) is 0. The van der Waals surface area contributed by atoms with Crippen LogP contribution in [0.15, 0.2) is 0 Å². The molecule has 1 rings (SSSR count). The van der Waals surface area contributed by atoms with Crippen molar-refractivity contribution in [2.45, 2.75) is 71.1 Å². The molecule has 0 saturated heterocycles. The smallest absolute Gasteiger partial charge is 0.220 e. The second-order valence-corrected chi connectivity index (χ2v) is 6.05. The number of alkyl halides is 1. The van der Waals surface area contributed by atoms with Gasteiger partial charge in [0.15, 0.2) is 0 Å². The third-order valence-corrected chi connectivity index (χ3v) is 4.48. The molecule has 0 atom stereocenters. The van der Waals surface area contributed by atoms with Gasteiger partial charge in [0, 0.05) is 24.3 Å². The van der Waals surface area contributed by atoms with Crippen molar-refractivity contribution in [2.75, 3.05) is 12.4 Å². The van der Waals surface area contributed by atoms with Gasteiger partial charge in [-0.05, 0) is 19.3 Å². The Kier molecular flexibility index (Phi) is 7.73. The van der Waals surface area contributed by atoms with Crippen LogP contribution in [0.2, 0.25) is 0 Å². The second kappa shape index (κ2) is 8.79. The van der Waals surface area contributed by atoms with Gasteiger partial charge in [-0.1, -0.05) is 45.4 Å². The highest BCUT2D eigenvalue weighted by Gasteiger charge is 2.41. The van der Waals surface area contributed by atoms with Gasteiger partial charge in [-0.2, -0.15) is 0 Å². The first kappa shape index (κ1) is 15.8. The van der Waals surface area contributed by atoms with Crippen LogP contribution in [0.3, 0.4) is 0 Å². The largest absolute Gasteiger partial charge is 0.356 e. The molecule has 1 saturated carbocycles.